The molecule has 0 unspecified atom stereocenters. The molecule has 0 bridgehead atoms. The molecule has 5 aliphatic rings. The van der Waals surface area contributed by atoms with E-state index in [0.717, 1.165) is 32.1 Å². The Hall–Kier alpha value is -1.53. The standard InChI is InChI=1S/C29H42O6/c1-27-13-11-20(30)15-19(27)8-9-21-22-12-14-29(34,28(22,2)16-23(31)26(21)27)24(32)17-35-25(33)10-7-18-5-3-4-6-18/h15,18,21-23,26,31,34H,3-14,16-17H2,1-2H3/t21-,22-,23-,26+,27+,28-,29-/m0/s1. The van der Waals surface area contributed by atoms with Gasteiger partial charge in [0.05, 0.1) is 6.10 Å². The van der Waals surface area contributed by atoms with Crippen molar-refractivity contribution in [3.05, 3.63) is 11.6 Å². The number of esters is 1. The number of hydrogen-bond acceptors (Lipinski definition) is 6. The molecule has 5 aliphatic carbocycles. The predicted octanol–water partition coefficient (Wildman–Crippen LogP) is 4.30. The average molecular weight is 487 g/mol. The van der Waals surface area contributed by atoms with Gasteiger partial charge in [-0.3, -0.25) is 14.4 Å². The van der Waals surface area contributed by atoms with E-state index in [0.29, 0.717) is 31.6 Å². The number of carbonyl (C=O) groups excluding carboxylic acids is 3. The molecular weight excluding hydrogens is 444 g/mol. The van der Waals surface area contributed by atoms with Crippen LogP contribution in [0.3, 0.4) is 0 Å². The SMILES string of the molecule is C[C@]12C[C@H](O)[C@H]3[C@@H](CCC4=CC(=O)CC[C@]43C)[C@@H]1CC[C@]2(O)C(=O)COC(=O)CCC1CCCC1. The number of Topliss-reactive ketones (excluding diaryl/α,β-unsaturated/α-hetero) is 1. The minimum Gasteiger partial charge on any atom is -0.458 e. The maximum Gasteiger partial charge on any atom is 0.306 e. The van der Waals surface area contributed by atoms with E-state index in [1.807, 2.05) is 13.0 Å². The van der Waals surface area contributed by atoms with Crippen molar-refractivity contribution in [3.8, 4) is 0 Å². The molecule has 2 N–H and O–H groups in total. The van der Waals surface area contributed by atoms with Crippen molar-refractivity contribution < 1.29 is 29.3 Å². The number of allylic oxidation sites excluding steroid dienone is 1. The number of fused-ring (bicyclic) bond motifs is 5. The van der Waals surface area contributed by atoms with Gasteiger partial charge in [0.25, 0.3) is 0 Å². The zero-order valence-corrected chi connectivity index (χ0v) is 21.4. The first kappa shape index (κ1) is 25.1. The Morgan fingerprint density at radius 3 is 2.57 bits per heavy atom. The molecule has 0 spiro atoms. The Bertz CT molecular complexity index is 918. The van der Waals surface area contributed by atoms with Crippen LogP contribution in [0.2, 0.25) is 0 Å². The second kappa shape index (κ2) is 9.09. The lowest BCUT2D eigenvalue weighted by atomic mass is 9.45. The molecule has 35 heavy (non-hydrogen) atoms. The fraction of sp³-hybridized carbons (Fsp3) is 0.828. The van der Waals surface area contributed by atoms with Gasteiger partial charge in [-0.1, -0.05) is 45.1 Å². The van der Waals surface area contributed by atoms with Gasteiger partial charge in [-0.2, -0.15) is 0 Å². The molecule has 4 fully saturated rings. The molecule has 5 rings (SSSR count). The number of aliphatic hydroxyl groups excluding tert-OH is 1. The monoisotopic (exact) mass is 486 g/mol. The van der Waals surface area contributed by atoms with Crippen molar-refractivity contribution in [2.24, 2.45) is 34.5 Å². The first-order valence-corrected chi connectivity index (χ1v) is 13.9. The summed E-state index contributed by atoms with van der Waals surface area (Å²) >= 11 is 0. The van der Waals surface area contributed by atoms with Gasteiger partial charge in [0.15, 0.2) is 12.4 Å². The van der Waals surface area contributed by atoms with Gasteiger partial charge in [0.1, 0.15) is 5.60 Å². The van der Waals surface area contributed by atoms with Crippen LogP contribution in [0.4, 0.5) is 0 Å². The summed E-state index contributed by atoms with van der Waals surface area (Å²) in [5.41, 5.74) is -1.36. The van der Waals surface area contributed by atoms with Crippen LogP contribution in [0.15, 0.2) is 11.6 Å². The van der Waals surface area contributed by atoms with Crippen LogP contribution in [0.1, 0.15) is 97.3 Å². The molecule has 0 saturated heterocycles. The van der Waals surface area contributed by atoms with Crippen LogP contribution in [0, 0.1) is 34.5 Å². The fourth-order valence-electron chi connectivity index (χ4n) is 9.11. The summed E-state index contributed by atoms with van der Waals surface area (Å²) in [7, 11) is 0. The number of carbonyl (C=O) groups is 3. The van der Waals surface area contributed by atoms with Gasteiger partial charge in [0.2, 0.25) is 5.78 Å². The Morgan fingerprint density at radius 1 is 1.09 bits per heavy atom. The third-order valence-corrected chi connectivity index (χ3v) is 11.1. The lowest BCUT2D eigenvalue weighted by molar-refractivity contribution is -0.184. The zero-order valence-electron chi connectivity index (χ0n) is 21.4. The molecule has 7 atom stereocenters. The van der Waals surface area contributed by atoms with Crippen molar-refractivity contribution >= 4 is 17.5 Å². The van der Waals surface area contributed by atoms with Crippen molar-refractivity contribution in [1.82, 2.24) is 0 Å². The van der Waals surface area contributed by atoms with Gasteiger partial charge in [-0.25, -0.2) is 0 Å². The fourth-order valence-corrected chi connectivity index (χ4v) is 9.11. The zero-order chi connectivity index (χ0) is 25.0. The summed E-state index contributed by atoms with van der Waals surface area (Å²) in [5.74, 6) is 0.360. The minimum absolute atomic E-state index is 0.0412. The van der Waals surface area contributed by atoms with Crippen molar-refractivity contribution in [1.29, 1.82) is 0 Å². The van der Waals surface area contributed by atoms with Gasteiger partial charge in [-0.05, 0) is 80.1 Å². The average Bonchev–Trinajstić information content (AvgIpc) is 3.43. The summed E-state index contributed by atoms with van der Waals surface area (Å²) in [5, 5.41) is 23.2. The Labute approximate surface area is 208 Å². The van der Waals surface area contributed by atoms with Crippen LogP contribution in [0.5, 0.6) is 0 Å². The maximum absolute atomic E-state index is 13.3. The molecule has 0 heterocycles. The van der Waals surface area contributed by atoms with E-state index in [1.165, 1.54) is 31.3 Å². The molecular formula is C29H42O6. The van der Waals surface area contributed by atoms with E-state index in [1.54, 1.807) is 0 Å². The molecule has 6 nitrogen and oxygen atoms in total. The molecule has 0 aliphatic heterocycles. The van der Waals surface area contributed by atoms with Crippen molar-refractivity contribution in [2.45, 2.75) is 109 Å². The van der Waals surface area contributed by atoms with Crippen LogP contribution < -0.4 is 0 Å². The summed E-state index contributed by atoms with van der Waals surface area (Å²) in [6.45, 7) is 3.77. The Kier molecular flexibility index (Phi) is 6.53. The number of rotatable bonds is 6. The van der Waals surface area contributed by atoms with E-state index >= 15 is 0 Å². The van der Waals surface area contributed by atoms with E-state index in [2.05, 4.69) is 6.92 Å². The molecule has 0 amide bonds. The molecule has 0 aromatic heterocycles. The first-order valence-electron chi connectivity index (χ1n) is 13.9. The highest BCUT2D eigenvalue weighted by molar-refractivity contribution is 5.92. The second-order valence-electron chi connectivity index (χ2n) is 12.7. The smallest absolute Gasteiger partial charge is 0.306 e. The second-order valence-corrected chi connectivity index (χ2v) is 12.7. The lowest BCUT2D eigenvalue weighted by Gasteiger charge is -2.60. The summed E-state index contributed by atoms with van der Waals surface area (Å²) in [6, 6.07) is 0. The number of aliphatic hydroxyl groups is 2. The minimum atomic E-state index is -1.59. The Morgan fingerprint density at radius 2 is 1.83 bits per heavy atom. The number of hydrogen-bond donors (Lipinski definition) is 2. The first-order chi connectivity index (χ1) is 16.6. The summed E-state index contributed by atoms with van der Waals surface area (Å²) < 4.78 is 5.35. The van der Waals surface area contributed by atoms with E-state index < -0.39 is 22.9 Å². The van der Waals surface area contributed by atoms with E-state index in [-0.39, 0.29) is 41.5 Å². The topological polar surface area (TPSA) is 101 Å². The van der Waals surface area contributed by atoms with Crippen LogP contribution >= 0.6 is 0 Å². The molecule has 0 aromatic rings. The van der Waals surface area contributed by atoms with Gasteiger partial charge < -0.3 is 14.9 Å². The molecule has 6 heteroatoms. The van der Waals surface area contributed by atoms with Crippen LogP contribution in [-0.2, 0) is 19.1 Å². The van der Waals surface area contributed by atoms with Gasteiger partial charge in [-0.15, -0.1) is 0 Å². The highest BCUT2D eigenvalue weighted by atomic mass is 16.5. The number of ketones is 2. The highest BCUT2D eigenvalue weighted by Crippen LogP contribution is 2.67. The summed E-state index contributed by atoms with van der Waals surface area (Å²) in [4.78, 5) is 37.7. The van der Waals surface area contributed by atoms with Crippen LogP contribution in [0.25, 0.3) is 0 Å². The van der Waals surface area contributed by atoms with Gasteiger partial charge >= 0.3 is 5.97 Å². The molecule has 0 aromatic carbocycles. The molecule has 4 saturated carbocycles. The summed E-state index contributed by atoms with van der Waals surface area (Å²) in [6.07, 6.45) is 11.5. The Balaban J connectivity index is 1.28. The highest BCUT2D eigenvalue weighted by Gasteiger charge is 2.68. The third-order valence-electron chi connectivity index (χ3n) is 11.1. The van der Waals surface area contributed by atoms with Crippen LogP contribution in [-0.4, -0.2) is 46.1 Å². The molecule has 194 valence electrons. The van der Waals surface area contributed by atoms with Gasteiger partial charge in [0, 0.05) is 18.3 Å². The normalized spacial score (nSPS) is 43.2. The molecule has 0 radical (unpaired) electrons. The lowest BCUT2D eigenvalue weighted by Crippen LogP contribution is -2.62. The largest absolute Gasteiger partial charge is 0.458 e. The third kappa shape index (κ3) is 4.03. The maximum atomic E-state index is 13.3. The van der Waals surface area contributed by atoms with E-state index in [9.17, 15) is 24.6 Å². The van der Waals surface area contributed by atoms with E-state index in [4.69, 9.17) is 4.74 Å². The van der Waals surface area contributed by atoms with Crippen molar-refractivity contribution in [3.63, 3.8) is 0 Å². The van der Waals surface area contributed by atoms with Crippen molar-refractivity contribution in [2.75, 3.05) is 6.61 Å². The quantitative estimate of drug-likeness (QED) is 0.543. The predicted molar refractivity (Wildman–Crippen MR) is 130 cm³/mol. The number of ether oxygens (including phenoxy) is 1.